The highest BCUT2D eigenvalue weighted by atomic mass is 31.2. The van der Waals surface area contributed by atoms with E-state index in [-0.39, 0.29) is 0 Å². The third-order valence-electron chi connectivity index (χ3n) is 4.33. The second kappa shape index (κ2) is 6.82. The maximum absolute atomic E-state index is 14.4. The number of para-hydroxylation sites is 1. The fraction of sp³-hybridized carbons (Fsp3) is 0. The number of rotatable bonds is 4. The lowest BCUT2D eigenvalue weighted by molar-refractivity contribution is 0.588. The number of nitrogens with zero attached hydrogens (tertiary/aromatic N) is 1. The van der Waals surface area contributed by atoms with E-state index in [2.05, 4.69) is 0 Å². The topological polar surface area (TPSA) is 39.2 Å². The van der Waals surface area contributed by atoms with Crippen LogP contribution in [0.3, 0.4) is 0 Å². The van der Waals surface area contributed by atoms with Crippen LogP contribution in [0.5, 0.6) is 5.75 Å². The average Bonchev–Trinajstić information content (AvgIpc) is 2.73. The van der Waals surface area contributed by atoms with E-state index < -0.39 is 7.14 Å². The molecule has 124 valence electrons. The molecule has 4 rings (SSSR count). The molecule has 3 aromatic carbocycles. The van der Waals surface area contributed by atoms with Crippen LogP contribution in [0.1, 0.15) is 0 Å². The molecular formula is C21H15BNO2P. The Morgan fingerprint density at radius 1 is 0.769 bits per heavy atom. The van der Waals surface area contributed by atoms with Crippen molar-refractivity contribution in [3.05, 3.63) is 91.0 Å². The molecule has 0 bridgehead atoms. The van der Waals surface area contributed by atoms with Crippen molar-refractivity contribution in [2.24, 2.45) is 0 Å². The summed E-state index contributed by atoms with van der Waals surface area (Å²) in [5.41, 5.74) is 1.10. The van der Waals surface area contributed by atoms with Crippen LogP contribution in [-0.4, -0.2) is 13.0 Å². The molecule has 1 aromatic heterocycles. The van der Waals surface area contributed by atoms with Crippen LogP contribution in [0.4, 0.5) is 0 Å². The van der Waals surface area contributed by atoms with Gasteiger partial charge < -0.3 is 9.22 Å². The van der Waals surface area contributed by atoms with Crippen LogP contribution in [0, 0.1) is 0 Å². The molecule has 5 heteroatoms. The summed E-state index contributed by atoms with van der Waals surface area (Å²) >= 11 is 0. The van der Waals surface area contributed by atoms with E-state index in [4.69, 9.17) is 17.7 Å². The fourth-order valence-corrected chi connectivity index (χ4v) is 5.72. The van der Waals surface area contributed by atoms with Gasteiger partial charge in [-0.15, -0.1) is 0 Å². The minimum atomic E-state index is -3.25. The maximum Gasteiger partial charge on any atom is 0.374 e. The van der Waals surface area contributed by atoms with E-state index in [9.17, 15) is 4.57 Å². The Bertz CT molecular complexity index is 1060. The van der Waals surface area contributed by atoms with Crippen molar-refractivity contribution in [3.63, 3.8) is 0 Å². The summed E-state index contributed by atoms with van der Waals surface area (Å²) in [6, 6.07) is 28.1. The fourth-order valence-electron chi connectivity index (χ4n) is 3.07. The molecule has 3 nitrogen and oxygen atoms in total. The average molecular weight is 355 g/mol. The first-order valence-electron chi connectivity index (χ1n) is 8.22. The van der Waals surface area contributed by atoms with Gasteiger partial charge >= 0.3 is 8.05 Å². The summed E-state index contributed by atoms with van der Waals surface area (Å²) in [6.07, 6.45) is 0. The van der Waals surface area contributed by atoms with Crippen molar-refractivity contribution >= 4 is 42.1 Å². The first kappa shape index (κ1) is 16.6. The first-order chi connectivity index (χ1) is 12.7. The Morgan fingerprint density at radius 2 is 1.31 bits per heavy atom. The van der Waals surface area contributed by atoms with Crippen LogP contribution in [-0.2, 0) is 4.57 Å². The normalized spacial score (nSPS) is 11.4. The van der Waals surface area contributed by atoms with E-state index >= 15 is 0 Å². The summed E-state index contributed by atoms with van der Waals surface area (Å²) in [5.74, 6) is 0.319. The van der Waals surface area contributed by atoms with Gasteiger partial charge in [0.2, 0.25) is 0 Å². The van der Waals surface area contributed by atoms with Crippen LogP contribution >= 0.6 is 7.14 Å². The molecule has 0 N–H and O–H groups in total. The molecular weight excluding hydrogens is 340 g/mol. The van der Waals surface area contributed by atoms with Gasteiger partial charge in [0.15, 0.2) is 7.14 Å². The van der Waals surface area contributed by atoms with Crippen molar-refractivity contribution < 1.29 is 9.22 Å². The van der Waals surface area contributed by atoms with Crippen LogP contribution in [0.15, 0.2) is 91.0 Å². The molecule has 26 heavy (non-hydrogen) atoms. The lowest BCUT2D eigenvalue weighted by atomic mass is 10.2. The van der Waals surface area contributed by atoms with E-state index in [0.29, 0.717) is 21.8 Å². The van der Waals surface area contributed by atoms with Gasteiger partial charge in [-0.05, 0) is 12.1 Å². The quantitative estimate of drug-likeness (QED) is 0.416. The Kier molecular flexibility index (Phi) is 4.36. The number of benzene rings is 3. The van der Waals surface area contributed by atoms with E-state index in [1.807, 2.05) is 84.9 Å². The van der Waals surface area contributed by atoms with Crippen molar-refractivity contribution in [1.82, 2.24) is 4.98 Å². The second-order valence-electron chi connectivity index (χ2n) is 5.90. The highest BCUT2D eigenvalue weighted by molar-refractivity contribution is 7.85. The van der Waals surface area contributed by atoms with Crippen molar-refractivity contribution in [1.29, 1.82) is 0 Å². The summed E-state index contributed by atoms with van der Waals surface area (Å²) in [4.78, 5) is 4.70. The third-order valence-corrected chi connectivity index (χ3v) is 7.30. The van der Waals surface area contributed by atoms with Crippen LogP contribution < -0.4 is 20.7 Å². The van der Waals surface area contributed by atoms with E-state index in [1.165, 1.54) is 0 Å². The summed E-state index contributed by atoms with van der Waals surface area (Å²) in [6.45, 7) is 0. The van der Waals surface area contributed by atoms with Crippen molar-refractivity contribution in [2.75, 3.05) is 0 Å². The lowest BCUT2D eigenvalue weighted by Gasteiger charge is -2.21. The van der Waals surface area contributed by atoms with E-state index in [0.717, 1.165) is 10.9 Å². The molecule has 0 atom stereocenters. The molecule has 0 spiro atoms. The molecule has 0 aliphatic carbocycles. The van der Waals surface area contributed by atoms with Gasteiger partial charge in [-0.25, -0.2) is 4.98 Å². The Hall–Kier alpha value is -2.84. The largest absolute Gasteiger partial charge is 0.566 e. The molecule has 0 aliphatic heterocycles. The summed E-state index contributed by atoms with van der Waals surface area (Å²) in [5, 5.41) is 2.25. The predicted octanol–water partition coefficient (Wildman–Crippen LogP) is 3.34. The number of aromatic nitrogens is 1. The molecule has 4 aromatic rings. The Morgan fingerprint density at radius 3 is 1.88 bits per heavy atom. The van der Waals surface area contributed by atoms with Gasteiger partial charge in [0, 0.05) is 16.0 Å². The third kappa shape index (κ3) is 2.73. The first-order valence-corrected chi connectivity index (χ1v) is 9.92. The minimum Gasteiger partial charge on any atom is -0.566 e. The zero-order valence-corrected chi connectivity index (χ0v) is 14.8. The van der Waals surface area contributed by atoms with Gasteiger partial charge in [0.1, 0.15) is 11.2 Å². The van der Waals surface area contributed by atoms with Crippen LogP contribution in [0.25, 0.3) is 10.9 Å². The number of pyridine rings is 1. The zero-order valence-electron chi connectivity index (χ0n) is 13.9. The number of hydrogen-bond acceptors (Lipinski definition) is 3. The Labute approximate surface area is 153 Å². The standard InChI is InChI=1S/C21H15BNO2P/c22-25-20-15-16-9-7-8-14-19(16)23-21(20)26(24,17-10-3-1-4-11-17)18-12-5-2-6-13-18/h1-15H. The molecule has 0 aliphatic rings. The second-order valence-corrected chi connectivity index (χ2v) is 8.58. The number of hydrogen-bond donors (Lipinski definition) is 0. The molecule has 0 saturated carbocycles. The van der Waals surface area contributed by atoms with E-state index in [1.54, 1.807) is 6.07 Å². The monoisotopic (exact) mass is 355 g/mol. The smallest absolute Gasteiger partial charge is 0.374 e. The lowest BCUT2D eigenvalue weighted by Crippen LogP contribution is -2.28. The molecule has 0 fully saturated rings. The highest BCUT2D eigenvalue weighted by Crippen LogP contribution is 2.44. The Balaban J connectivity index is 2.08. The molecule has 1 heterocycles. The van der Waals surface area contributed by atoms with Gasteiger partial charge in [0.25, 0.3) is 0 Å². The van der Waals surface area contributed by atoms with Crippen molar-refractivity contribution in [3.8, 4) is 5.75 Å². The van der Waals surface area contributed by atoms with Crippen molar-refractivity contribution in [2.45, 2.75) is 0 Å². The summed E-state index contributed by atoms with van der Waals surface area (Å²) < 4.78 is 19.6. The minimum absolute atomic E-state index is 0.319. The molecule has 0 unspecified atom stereocenters. The van der Waals surface area contributed by atoms with Gasteiger partial charge in [-0.3, -0.25) is 0 Å². The van der Waals surface area contributed by atoms with Gasteiger partial charge in [0.05, 0.1) is 5.52 Å². The number of fused-ring (bicyclic) bond motifs is 1. The zero-order chi connectivity index (χ0) is 18.0. The highest BCUT2D eigenvalue weighted by Gasteiger charge is 2.34. The maximum atomic E-state index is 14.4. The molecule has 2 radical (unpaired) electrons. The van der Waals surface area contributed by atoms with Gasteiger partial charge in [-0.2, -0.15) is 0 Å². The van der Waals surface area contributed by atoms with Gasteiger partial charge in [-0.1, -0.05) is 78.9 Å². The predicted molar refractivity (Wildman–Crippen MR) is 108 cm³/mol. The summed E-state index contributed by atoms with van der Waals surface area (Å²) in [7, 11) is 2.28. The molecule has 0 saturated heterocycles. The van der Waals surface area contributed by atoms with Crippen LogP contribution in [0.2, 0.25) is 0 Å². The molecule has 0 amide bonds. The SMILES string of the molecule is [B]Oc1cc2ccccc2nc1P(=O)(c1ccccc1)c1ccccc1.